The smallest absolute Gasteiger partial charge is 0.308 e. The van der Waals surface area contributed by atoms with E-state index in [0.29, 0.717) is 18.7 Å². The first-order chi connectivity index (χ1) is 8.70. The lowest BCUT2D eigenvalue weighted by Crippen LogP contribution is -2.43. The monoisotopic (exact) mass is 271 g/mol. The SMILES string of the molecule is CCOC(=O)C1CCC(NC2CCSC2C)CC1. The molecular weight excluding hydrogens is 246 g/mol. The highest BCUT2D eigenvalue weighted by atomic mass is 32.2. The molecule has 2 unspecified atom stereocenters. The molecule has 2 fully saturated rings. The van der Waals surface area contributed by atoms with Gasteiger partial charge in [-0.3, -0.25) is 4.79 Å². The molecule has 2 aliphatic rings. The summed E-state index contributed by atoms with van der Waals surface area (Å²) in [6.07, 6.45) is 5.52. The second kappa shape index (κ2) is 6.80. The largest absolute Gasteiger partial charge is 0.466 e. The quantitative estimate of drug-likeness (QED) is 0.798. The predicted octanol–water partition coefficient (Wildman–Crippen LogP) is 2.59. The zero-order valence-corrected chi connectivity index (χ0v) is 12.3. The van der Waals surface area contributed by atoms with Crippen molar-refractivity contribution in [3.8, 4) is 0 Å². The third-order valence-corrected chi connectivity index (χ3v) is 5.50. The molecule has 0 amide bonds. The molecule has 0 spiro atoms. The molecule has 4 heteroatoms. The highest BCUT2D eigenvalue weighted by Crippen LogP contribution is 2.30. The standard InChI is InChI=1S/C14H25NO2S/c1-3-17-14(16)11-4-6-12(7-5-11)15-13-8-9-18-10(13)2/h10-13,15H,3-9H2,1-2H3. The van der Waals surface area contributed by atoms with Crippen LogP contribution in [-0.2, 0) is 9.53 Å². The number of carbonyl (C=O) groups is 1. The molecule has 104 valence electrons. The van der Waals surface area contributed by atoms with Crippen LogP contribution < -0.4 is 5.32 Å². The number of carbonyl (C=O) groups excluding carboxylic acids is 1. The minimum Gasteiger partial charge on any atom is -0.466 e. The van der Waals surface area contributed by atoms with Crippen LogP contribution in [-0.4, -0.2) is 35.7 Å². The van der Waals surface area contributed by atoms with E-state index in [-0.39, 0.29) is 11.9 Å². The first-order valence-corrected chi connectivity index (χ1v) is 8.30. The van der Waals surface area contributed by atoms with Crippen LogP contribution in [0.5, 0.6) is 0 Å². The van der Waals surface area contributed by atoms with Gasteiger partial charge in [-0.15, -0.1) is 0 Å². The van der Waals surface area contributed by atoms with Gasteiger partial charge in [0.1, 0.15) is 0 Å². The summed E-state index contributed by atoms with van der Waals surface area (Å²) in [5, 5.41) is 4.53. The Morgan fingerprint density at radius 3 is 2.56 bits per heavy atom. The van der Waals surface area contributed by atoms with Crippen molar-refractivity contribution in [1.82, 2.24) is 5.32 Å². The topological polar surface area (TPSA) is 38.3 Å². The Morgan fingerprint density at radius 1 is 1.28 bits per heavy atom. The summed E-state index contributed by atoms with van der Waals surface area (Å²) in [7, 11) is 0. The molecule has 0 aromatic carbocycles. The van der Waals surface area contributed by atoms with Crippen LogP contribution >= 0.6 is 11.8 Å². The van der Waals surface area contributed by atoms with E-state index < -0.39 is 0 Å². The van der Waals surface area contributed by atoms with E-state index in [0.717, 1.165) is 30.9 Å². The Morgan fingerprint density at radius 2 is 2.00 bits per heavy atom. The first-order valence-electron chi connectivity index (χ1n) is 7.25. The van der Waals surface area contributed by atoms with Crippen molar-refractivity contribution in [2.24, 2.45) is 5.92 Å². The lowest BCUT2D eigenvalue weighted by molar-refractivity contribution is -0.149. The third kappa shape index (κ3) is 3.64. The van der Waals surface area contributed by atoms with Crippen LogP contribution in [0.3, 0.4) is 0 Å². The van der Waals surface area contributed by atoms with E-state index >= 15 is 0 Å². The van der Waals surface area contributed by atoms with Gasteiger partial charge in [-0.1, -0.05) is 6.92 Å². The fourth-order valence-electron chi connectivity index (χ4n) is 3.01. The van der Waals surface area contributed by atoms with Gasteiger partial charge in [0.2, 0.25) is 0 Å². The van der Waals surface area contributed by atoms with Crippen molar-refractivity contribution >= 4 is 17.7 Å². The van der Waals surface area contributed by atoms with Gasteiger partial charge in [0.05, 0.1) is 12.5 Å². The summed E-state index contributed by atoms with van der Waals surface area (Å²) in [4.78, 5) is 11.7. The van der Waals surface area contributed by atoms with Crippen LogP contribution in [0.2, 0.25) is 0 Å². The lowest BCUT2D eigenvalue weighted by Gasteiger charge is -2.31. The van der Waals surface area contributed by atoms with Crippen molar-refractivity contribution in [3.63, 3.8) is 0 Å². The molecule has 0 bridgehead atoms. The normalized spacial score (nSPS) is 36.6. The van der Waals surface area contributed by atoms with E-state index in [9.17, 15) is 4.79 Å². The van der Waals surface area contributed by atoms with Crippen LogP contribution in [0.4, 0.5) is 0 Å². The molecule has 1 heterocycles. The zero-order chi connectivity index (χ0) is 13.0. The average Bonchev–Trinajstić information content (AvgIpc) is 2.76. The lowest BCUT2D eigenvalue weighted by atomic mass is 9.85. The molecule has 1 saturated carbocycles. The summed E-state index contributed by atoms with van der Waals surface area (Å²) in [5.74, 6) is 1.45. The maximum atomic E-state index is 11.7. The molecule has 1 aliphatic heterocycles. The van der Waals surface area contributed by atoms with Crippen molar-refractivity contribution in [2.75, 3.05) is 12.4 Å². The van der Waals surface area contributed by atoms with Gasteiger partial charge in [0.25, 0.3) is 0 Å². The maximum absolute atomic E-state index is 11.7. The Hall–Kier alpha value is -0.220. The molecular formula is C14H25NO2S. The molecule has 2 rings (SSSR count). The second-order valence-electron chi connectivity index (χ2n) is 5.44. The average molecular weight is 271 g/mol. The maximum Gasteiger partial charge on any atom is 0.308 e. The second-order valence-corrected chi connectivity index (χ2v) is 6.92. The number of esters is 1. The summed E-state index contributed by atoms with van der Waals surface area (Å²) in [6.45, 7) is 4.71. The van der Waals surface area contributed by atoms with Crippen molar-refractivity contribution < 1.29 is 9.53 Å². The van der Waals surface area contributed by atoms with Crippen LogP contribution in [0, 0.1) is 5.92 Å². The molecule has 18 heavy (non-hydrogen) atoms. The molecule has 0 aromatic heterocycles. The predicted molar refractivity (Wildman–Crippen MR) is 75.8 cm³/mol. The van der Waals surface area contributed by atoms with Gasteiger partial charge in [-0.2, -0.15) is 11.8 Å². The van der Waals surface area contributed by atoms with E-state index in [1.165, 1.54) is 12.2 Å². The summed E-state index contributed by atoms with van der Waals surface area (Å²) < 4.78 is 5.10. The number of thioether (sulfide) groups is 1. The third-order valence-electron chi connectivity index (χ3n) is 4.17. The number of hydrogen-bond donors (Lipinski definition) is 1. The summed E-state index contributed by atoms with van der Waals surface area (Å²) in [5.41, 5.74) is 0. The van der Waals surface area contributed by atoms with Gasteiger partial charge in [-0.25, -0.2) is 0 Å². The van der Waals surface area contributed by atoms with Gasteiger partial charge in [0.15, 0.2) is 0 Å². The minimum absolute atomic E-state index is 0.0146. The summed E-state index contributed by atoms with van der Waals surface area (Å²) >= 11 is 2.07. The van der Waals surface area contributed by atoms with E-state index in [1.807, 2.05) is 6.92 Å². The Balaban J connectivity index is 1.71. The van der Waals surface area contributed by atoms with E-state index in [4.69, 9.17) is 4.74 Å². The van der Waals surface area contributed by atoms with Gasteiger partial charge < -0.3 is 10.1 Å². The molecule has 1 aliphatic carbocycles. The zero-order valence-electron chi connectivity index (χ0n) is 11.5. The number of nitrogens with one attached hydrogen (secondary N) is 1. The first kappa shape index (κ1) is 14.2. The minimum atomic E-state index is 0.0146. The molecule has 2 atom stereocenters. The van der Waals surface area contributed by atoms with Gasteiger partial charge in [-0.05, 0) is 44.8 Å². The molecule has 1 saturated heterocycles. The van der Waals surface area contributed by atoms with Crippen LogP contribution in [0.25, 0.3) is 0 Å². The van der Waals surface area contributed by atoms with Gasteiger partial charge >= 0.3 is 5.97 Å². The highest BCUT2D eigenvalue weighted by molar-refractivity contribution is 8.00. The highest BCUT2D eigenvalue weighted by Gasteiger charge is 2.31. The van der Waals surface area contributed by atoms with Gasteiger partial charge in [0, 0.05) is 17.3 Å². The summed E-state index contributed by atoms with van der Waals surface area (Å²) in [6, 6.07) is 1.29. The molecule has 1 N–H and O–H groups in total. The van der Waals surface area contributed by atoms with Crippen LogP contribution in [0.1, 0.15) is 46.0 Å². The Labute approximate surface area is 114 Å². The fourth-order valence-corrected chi connectivity index (χ4v) is 4.22. The Bertz CT molecular complexity index is 277. The van der Waals surface area contributed by atoms with Crippen molar-refractivity contribution in [2.45, 2.75) is 63.3 Å². The van der Waals surface area contributed by atoms with E-state index in [1.54, 1.807) is 0 Å². The van der Waals surface area contributed by atoms with Crippen molar-refractivity contribution in [3.05, 3.63) is 0 Å². The van der Waals surface area contributed by atoms with E-state index in [2.05, 4.69) is 24.0 Å². The molecule has 0 radical (unpaired) electrons. The number of hydrogen-bond acceptors (Lipinski definition) is 4. The fraction of sp³-hybridized carbons (Fsp3) is 0.929. The van der Waals surface area contributed by atoms with Crippen molar-refractivity contribution in [1.29, 1.82) is 0 Å². The number of ether oxygens (including phenoxy) is 1. The number of rotatable bonds is 4. The van der Waals surface area contributed by atoms with Crippen LogP contribution in [0.15, 0.2) is 0 Å². The Kier molecular flexibility index (Phi) is 5.37. The molecule has 0 aromatic rings. The molecule has 3 nitrogen and oxygen atoms in total.